The first-order valence-electron chi connectivity index (χ1n) is 7.11. The molecule has 1 rings (SSSR count). The average molecular weight is 281 g/mol. The van der Waals surface area contributed by atoms with Crippen molar-refractivity contribution in [3.8, 4) is 0 Å². The van der Waals surface area contributed by atoms with Crippen LogP contribution < -0.4 is 5.32 Å². The van der Waals surface area contributed by atoms with Crippen LogP contribution in [0.25, 0.3) is 0 Å². The van der Waals surface area contributed by atoms with Crippen LogP contribution in [-0.2, 0) is 9.47 Å². The standard InChI is InChI=1S/C16H27NO3/c1-12-6-5-7-15(8-12)14(3)17-9-16(18)11-20-13(2)10-19-4/h5-8,13-14,16-18H,9-11H2,1-4H3/t13?,14-,16?/m1/s1. The van der Waals surface area contributed by atoms with Crippen LogP contribution in [0.3, 0.4) is 0 Å². The fourth-order valence-corrected chi connectivity index (χ4v) is 1.99. The van der Waals surface area contributed by atoms with E-state index in [1.165, 1.54) is 11.1 Å². The van der Waals surface area contributed by atoms with Crippen molar-refractivity contribution in [1.29, 1.82) is 0 Å². The van der Waals surface area contributed by atoms with Crippen LogP contribution in [0.5, 0.6) is 0 Å². The number of hydrogen-bond acceptors (Lipinski definition) is 4. The SMILES string of the molecule is COCC(C)OCC(O)CN[C@H](C)c1cccc(C)c1. The van der Waals surface area contributed by atoms with Gasteiger partial charge in [-0.2, -0.15) is 0 Å². The number of rotatable bonds is 9. The Morgan fingerprint density at radius 1 is 1.25 bits per heavy atom. The molecule has 4 heteroatoms. The van der Waals surface area contributed by atoms with Crippen LogP contribution in [-0.4, -0.2) is 44.2 Å². The van der Waals surface area contributed by atoms with E-state index in [1.807, 2.05) is 6.92 Å². The quantitative estimate of drug-likeness (QED) is 0.727. The highest BCUT2D eigenvalue weighted by Gasteiger charge is 2.10. The summed E-state index contributed by atoms with van der Waals surface area (Å²) in [6, 6.07) is 8.58. The molecule has 0 bridgehead atoms. The molecule has 2 N–H and O–H groups in total. The Balaban J connectivity index is 2.28. The van der Waals surface area contributed by atoms with Crippen molar-refractivity contribution in [2.75, 3.05) is 26.9 Å². The van der Waals surface area contributed by atoms with Gasteiger partial charge in [0.1, 0.15) is 0 Å². The van der Waals surface area contributed by atoms with Crippen molar-refractivity contribution >= 4 is 0 Å². The summed E-state index contributed by atoms with van der Waals surface area (Å²) < 4.78 is 10.5. The summed E-state index contributed by atoms with van der Waals surface area (Å²) in [6.07, 6.45) is -0.509. The molecule has 0 heterocycles. The van der Waals surface area contributed by atoms with Gasteiger partial charge in [0.25, 0.3) is 0 Å². The molecule has 0 amide bonds. The van der Waals surface area contributed by atoms with Gasteiger partial charge in [-0.3, -0.25) is 0 Å². The Hall–Kier alpha value is -0.940. The third kappa shape index (κ3) is 6.48. The zero-order valence-electron chi connectivity index (χ0n) is 12.9. The second-order valence-corrected chi connectivity index (χ2v) is 5.30. The topological polar surface area (TPSA) is 50.7 Å². The van der Waals surface area contributed by atoms with E-state index in [1.54, 1.807) is 7.11 Å². The van der Waals surface area contributed by atoms with Crippen molar-refractivity contribution in [1.82, 2.24) is 5.32 Å². The maximum Gasteiger partial charge on any atom is 0.0898 e. The van der Waals surface area contributed by atoms with Gasteiger partial charge in [-0.1, -0.05) is 29.8 Å². The van der Waals surface area contributed by atoms with Crippen molar-refractivity contribution in [2.24, 2.45) is 0 Å². The van der Waals surface area contributed by atoms with Crippen LogP contribution in [0.15, 0.2) is 24.3 Å². The first-order chi connectivity index (χ1) is 9.52. The molecule has 1 aromatic rings. The number of aryl methyl sites for hydroxylation is 1. The minimum absolute atomic E-state index is 0.00356. The van der Waals surface area contributed by atoms with E-state index in [2.05, 4.69) is 43.4 Å². The molecule has 0 aliphatic carbocycles. The highest BCUT2D eigenvalue weighted by atomic mass is 16.5. The third-order valence-corrected chi connectivity index (χ3v) is 3.18. The fraction of sp³-hybridized carbons (Fsp3) is 0.625. The van der Waals surface area contributed by atoms with Gasteiger partial charge in [-0.05, 0) is 26.3 Å². The highest BCUT2D eigenvalue weighted by molar-refractivity contribution is 5.24. The number of benzene rings is 1. The van der Waals surface area contributed by atoms with Gasteiger partial charge in [0.05, 0.1) is 25.4 Å². The number of methoxy groups -OCH3 is 1. The van der Waals surface area contributed by atoms with E-state index in [0.29, 0.717) is 19.8 Å². The van der Waals surface area contributed by atoms with E-state index in [-0.39, 0.29) is 12.1 Å². The molecule has 4 nitrogen and oxygen atoms in total. The van der Waals surface area contributed by atoms with Gasteiger partial charge >= 0.3 is 0 Å². The molecule has 0 saturated carbocycles. The number of aliphatic hydroxyl groups excluding tert-OH is 1. The van der Waals surface area contributed by atoms with Crippen LogP contribution >= 0.6 is 0 Å². The van der Waals surface area contributed by atoms with E-state index in [4.69, 9.17) is 9.47 Å². The predicted molar refractivity (Wildman–Crippen MR) is 80.9 cm³/mol. The molecule has 0 aliphatic rings. The van der Waals surface area contributed by atoms with Crippen molar-refractivity contribution in [3.05, 3.63) is 35.4 Å². The Kier molecular flexibility index (Phi) is 7.77. The first-order valence-corrected chi connectivity index (χ1v) is 7.11. The number of ether oxygens (including phenoxy) is 2. The maximum atomic E-state index is 9.89. The van der Waals surface area contributed by atoms with E-state index < -0.39 is 6.10 Å². The molecule has 2 unspecified atom stereocenters. The number of nitrogens with one attached hydrogen (secondary N) is 1. The second-order valence-electron chi connectivity index (χ2n) is 5.30. The van der Waals surface area contributed by atoms with E-state index in [9.17, 15) is 5.11 Å². The van der Waals surface area contributed by atoms with Gasteiger partial charge < -0.3 is 19.9 Å². The first kappa shape index (κ1) is 17.1. The summed E-state index contributed by atoms with van der Waals surface area (Å²) in [5.74, 6) is 0. The van der Waals surface area contributed by atoms with Crippen molar-refractivity contribution in [2.45, 2.75) is 39.0 Å². The highest BCUT2D eigenvalue weighted by Crippen LogP contribution is 2.13. The predicted octanol–water partition coefficient (Wildman–Crippen LogP) is 2.06. The minimum Gasteiger partial charge on any atom is -0.389 e. The Morgan fingerprint density at radius 3 is 2.65 bits per heavy atom. The summed E-state index contributed by atoms with van der Waals surface area (Å²) >= 11 is 0. The minimum atomic E-state index is -0.512. The molecular formula is C16H27NO3. The summed E-state index contributed by atoms with van der Waals surface area (Å²) in [5, 5.41) is 13.2. The molecule has 0 aromatic heterocycles. The normalized spacial score (nSPS) is 15.8. The van der Waals surface area contributed by atoms with Crippen LogP contribution in [0.2, 0.25) is 0 Å². The lowest BCUT2D eigenvalue weighted by atomic mass is 10.1. The molecule has 20 heavy (non-hydrogen) atoms. The lowest BCUT2D eigenvalue weighted by molar-refractivity contribution is -0.0315. The van der Waals surface area contributed by atoms with Gasteiger partial charge in [-0.25, -0.2) is 0 Å². The summed E-state index contributed by atoms with van der Waals surface area (Å²) in [6.45, 7) is 7.47. The molecule has 0 fully saturated rings. The maximum absolute atomic E-state index is 9.89. The summed E-state index contributed by atoms with van der Waals surface area (Å²) in [5.41, 5.74) is 2.47. The van der Waals surface area contributed by atoms with Crippen molar-refractivity contribution in [3.63, 3.8) is 0 Å². The summed E-state index contributed by atoms with van der Waals surface area (Å²) in [4.78, 5) is 0. The molecule has 114 valence electrons. The van der Waals surface area contributed by atoms with Crippen LogP contribution in [0.1, 0.15) is 31.0 Å². The molecular weight excluding hydrogens is 254 g/mol. The zero-order valence-corrected chi connectivity index (χ0v) is 12.9. The van der Waals surface area contributed by atoms with Gasteiger partial charge in [0, 0.05) is 19.7 Å². The van der Waals surface area contributed by atoms with Gasteiger partial charge in [0.2, 0.25) is 0 Å². The number of aliphatic hydroxyl groups is 1. The molecule has 1 aromatic carbocycles. The summed E-state index contributed by atoms with van der Waals surface area (Å²) in [7, 11) is 1.64. The van der Waals surface area contributed by atoms with Crippen LogP contribution in [0, 0.1) is 6.92 Å². The smallest absolute Gasteiger partial charge is 0.0898 e. The largest absolute Gasteiger partial charge is 0.389 e. The monoisotopic (exact) mass is 281 g/mol. The molecule has 0 spiro atoms. The fourth-order valence-electron chi connectivity index (χ4n) is 1.99. The zero-order chi connectivity index (χ0) is 15.0. The van der Waals surface area contributed by atoms with E-state index >= 15 is 0 Å². The molecule has 0 saturated heterocycles. The van der Waals surface area contributed by atoms with Crippen LogP contribution in [0.4, 0.5) is 0 Å². The van der Waals surface area contributed by atoms with Gasteiger partial charge in [-0.15, -0.1) is 0 Å². The lowest BCUT2D eigenvalue weighted by Gasteiger charge is -2.19. The average Bonchev–Trinajstić information content (AvgIpc) is 2.43. The number of hydrogen-bond donors (Lipinski definition) is 2. The molecule has 0 aliphatic heterocycles. The van der Waals surface area contributed by atoms with Gasteiger partial charge in [0.15, 0.2) is 0 Å². The van der Waals surface area contributed by atoms with E-state index in [0.717, 1.165) is 0 Å². The molecule has 3 atom stereocenters. The third-order valence-electron chi connectivity index (χ3n) is 3.18. The Bertz CT molecular complexity index is 384. The lowest BCUT2D eigenvalue weighted by Crippen LogP contribution is -2.33. The Labute approximate surface area is 122 Å². The molecule has 0 radical (unpaired) electrons. The second kappa shape index (κ2) is 9.08. The Morgan fingerprint density at radius 2 is 2.00 bits per heavy atom. The van der Waals surface area contributed by atoms with Crippen molar-refractivity contribution < 1.29 is 14.6 Å².